The van der Waals surface area contributed by atoms with Gasteiger partial charge in [-0.25, -0.2) is 0 Å². The monoisotopic (exact) mass is 296 g/mol. The van der Waals surface area contributed by atoms with Gasteiger partial charge in [0.2, 0.25) is 3.79 Å². The molecule has 0 aliphatic heterocycles. The van der Waals surface area contributed by atoms with Gasteiger partial charge in [0, 0.05) is 0 Å². The zero-order valence-corrected chi connectivity index (χ0v) is 10.2. The Labute approximate surface area is 100.0 Å². The van der Waals surface area contributed by atoms with Crippen LogP contribution in [0.3, 0.4) is 0 Å². The topological polar surface area (TPSA) is 0 Å². The maximum absolute atomic E-state index is 5.60. The van der Waals surface area contributed by atoms with Gasteiger partial charge < -0.3 is 0 Å². The molecule has 0 heterocycles. The highest BCUT2D eigenvalue weighted by molar-refractivity contribution is 6.72. The standard InChI is InChI=1S/C4H3Cl7/c5-1-3(7,8)2(6)4(9,10)11/h2H,1H2. The van der Waals surface area contributed by atoms with Crippen molar-refractivity contribution in [1.82, 2.24) is 0 Å². The van der Waals surface area contributed by atoms with Gasteiger partial charge in [-0.1, -0.05) is 58.0 Å². The van der Waals surface area contributed by atoms with E-state index in [0.717, 1.165) is 0 Å². The molecule has 0 aromatic rings. The number of halogens is 7. The molecule has 0 spiro atoms. The first-order chi connectivity index (χ1) is 4.72. The number of rotatable bonds is 2. The SMILES string of the molecule is ClCC(Cl)(Cl)C(Cl)C(Cl)(Cl)Cl. The Bertz CT molecular complexity index is 125. The normalized spacial score (nSPS) is 16.6. The molecule has 1 unspecified atom stereocenters. The molecule has 0 bridgehead atoms. The molecule has 0 aromatic carbocycles. The van der Waals surface area contributed by atoms with E-state index in [9.17, 15) is 0 Å². The summed E-state index contributed by atoms with van der Waals surface area (Å²) >= 11 is 38.4. The van der Waals surface area contributed by atoms with Gasteiger partial charge in [0.15, 0.2) is 4.33 Å². The summed E-state index contributed by atoms with van der Waals surface area (Å²) in [5.74, 6) is -0.113. The first-order valence-electron chi connectivity index (χ1n) is 2.36. The van der Waals surface area contributed by atoms with E-state index in [4.69, 9.17) is 81.2 Å². The van der Waals surface area contributed by atoms with Gasteiger partial charge in [-0.05, 0) is 0 Å². The van der Waals surface area contributed by atoms with Gasteiger partial charge in [-0.2, -0.15) is 0 Å². The molecule has 0 N–H and O–H groups in total. The van der Waals surface area contributed by atoms with Crippen molar-refractivity contribution in [3.63, 3.8) is 0 Å². The summed E-state index contributed by atoms with van der Waals surface area (Å²) in [4.78, 5) is 0. The zero-order valence-electron chi connectivity index (χ0n) is 4.93. The summed E-state index contributed by atoms with van der Waals surface area (Å²) < 4.78 is -3.16. The lowest BCUT2D eigenvalue weighted by molar-refractivity contribution is 0.785. The molecule has 11 heavy (non-hydrogen) atoms. The molecule has 1 atom stereocenters. The van der Waals surface area contributed by atoms with E-state index in [1.165, 1.54) is 0 Å². The molecular formula is C4H3Cl7. The second-order valence-electron chi connectivity index (χ2n) is 1.80. The van der Waals surface area contributed by atoms with Crippen LogP contribution in [0.15, 0.2) is 0 Å². The minimum absolute atomic E-state index is 0.113. The highest BCUT2D eigenvalue weighted by Crippen LogP contribution is 2.44. The average molecular weight is 299 g/mol. The van der Waals surface area contributed by atoms with Crippen molar-refractivity contribution in [2.75, 3.05) is 5.88 Å². The molecule has 0 rings (SSSR count). The Kier molecular flexibility index (Phi) is 5.33. The van der Waals surface area contributed by atoms with Crippen LogP contribution in [0.5, 0.6) is 0 Å². The first kappa shape index (κ1) is 13.0. The van der Waals surface area contributed by atoms with Crippen LogP contribution in [-0.2, 0) is 0 Å². The molecule has 0 saturated carbocycles. The lowest BCUT2D eigenvalue weighted by Crippen LogP contribution is -2.38. The summed E-state index contributed by atoms with van der Waals surface area (Å²) in [6, 6.07) is 0. The minimum atomic E-state index is -1.72. The van der Waals surface area contributed by atoms with Crippen LogP contribution in [0.2, 0.25) is 0 Å². The largest absolute Gasteiger partial charge is 0.209 e. The van der Waals surface area contributed by atoms with Crippen molar-refractivity contribution >= 4 is 81.2 Å². The average Bonchev–Trinajstić information content (AvgIpc) is 1.84. The van der Waals surface area contributed by atoms with E-state index in [-0.39, 0.29) is 5.88 Å². The summed E-state index contributed by atoms with van der Waals surface area (Å²) in [5, 5.41) is -1.05. The molecular weight excluding hydrogens is 296 g/mol. The molecule has 0 aliphatic rings. The van der Waals surface area contributed by atoms with Crippen LogP contribution in [0, 0.1) is 0 Å². The zero-order chi connectivity index (χ0) is 9.28. The Hall–Kier alpha value is 2.03. The van der Waals surface area contributed by atoms with Gasteiger partial charge in [0.25, 0.3) is 0 Å². The smallest absolute Gasteiger partial charge is 0.123 e. The summed E-state index contributed by atoms with van der Waals surface area (Å²) in [5.41, 5.74) is 0. The van der Waals surface area contributed by atoms with Gasteiger partial charge in [0.1, 0.15) is 5.38 Å². The van der Waals surface area contributed by atoms with Crippen molar-refractivity contribution in [1.29, 1.82) is 0 Å². The van der Waals surface area contributed by atoms with Crippen molar-refractivity contribution in [3.05, 3.63) is 0 Å². The summed E-state index contributed by atoms with van der Waals surface area (Å²) in [6.45, 7) is 0. The van der Waals surface area contributed by atoms with E-state index in [2.05, 4.69) is 0 Å². The highest BCUT2D eigenvalue weighted by atomic mass is 35.6. The summed E-state index contributed by atoms with van der Waals surface area (Å²) in [6.07, 6.45) is 0. The van der Waals surface area contributed by atoms with Gasteiger partial charge in [-0.15, -0.1) is 23.2 Å². The predicted octanol–water partition coefficient (Wildman–Crippen LogP) is 4.38. The lowest BCUT2D eigenvalue weighted by Gasteiger charge is -2.27. The quantitative estimate of drug-likeness (QED) is 0.664. The van der Waals surface area contributed by atoms with Crippen molar-refractivity contribution in [2.24, 2.45) is 0 Å². The van der Waals surface area contributed by atoms with Crippen LogP contribution < -0.4 is 0 Å². The van der Waals surface area contributed by atoms with Gasteiger partial charge in [-0.3, -0.25) is 0 Å². The fourth-order valence-corrected chi connectivity index (χ4v) is 1.84. The molecule has 0 nitrogen and oxygen atoms in total. The third kappa shape index (κ3) is 4.17. The number of alkyl halides is 7. The van der Waals surface area contributed by atoms with Crippen LogP contribution >= 0.6 is 81.2 Å². The second kappa shape index (κ2) is 4.50. The van der Waals surface area contributed by atoms with Gasteiger partial charge >= 0.3 is 0 Å². The fourth-order valence-electron chi connectivity index (χ4n) is 0.307. The first-order valence-corrected chi connectivity index (χ1v) is 5.22. The molecule has 0 aromatic heterocycles. The molecule has 0 fully saturated rings. The van der Waals surface area contributed by atoms with Crippen molar-refractivity contribution in [3.8, 4) is 0 Å². The molecule has 0 aliphatic carbocycles. The maximum Gasteiger partial charge on any atom is 0.209 e. The Morgan fingerprint density at radius 3 is 1.45 bits per heavy atom. The third-order valence-corrected chi connectivity index (χ3v) is 4.15. The molecule has 68 valence electrons. The Balaban J connectivity index is 4.35. The van der Waals surface area contributed by atoms with Crippen LogP contribution in [0.25, 0.3) is 0 Å². The molecule has 7 heteroatoms. The van der Waals surface area contributed by atoms with Crippen LogP contribution in [0.1, 0.15) is 0 Å². The van der Waals surface area contributed by atoms with Crippen molar-refractivity contribution in [2.45, 2.75) is 13.5 Å². The number of hydrogen-bond acceptors (Lipinski definition) is 0. The molecule has 0 saturated heterocycles. The maximum atomic E-state index is 5.60. The molecule has 0 radical (unpaired) electrons. The Morgan fingerprint density at radius 2 is 1.36 bits per heavy atom. The number of hydrogen-bond donors (Lipinski definition) is 0. The third-order valence-electron chi connectivity index (χ3n) is 0.836. The van der Waals surface area contributed by atoms with E-state index >= 15 is 0 Å². The van der Waals surface area contributed by atoms with Crippen LogP contribution in [0.4, 0.5) is 0 Å². The van der Waals surface area contributed by atoms with E-state index < -0.39 is 13.5 Å². The second-order valence-corrected chi connectivity index (χ2v) is 6.41. The Morgan fingerprint density at radius 1 is 1.00 bits per heavy atom. The predicted molar refractivity (Wildman–Crippen MR) is 55.1 cm³/mol. The van der Waals surface area contributed by atoms with E-state index in [1.54, 1.807) is 0 Å². The minimum Gasteiger partial charge on any atom is -0.123 e. The fraction of sp³-hybridized carbons (Fsp3) is 1.00. The lowest BCUT2D eigenvalue weighted by atomic mass is 10.3. The van der Waals surface area contributed by atoms with E-state index in [1.807, 2.05) is 0 Å². The van der Waals surface area contributed by atoms with E-state index in [0.29, 0.717) is 0 Å². The molecule has 0 amide bonds. The summed E-state index contributed by atoms with van der Waals surface area (Å²) in [7, 11) is 0. The van der Waals surface area contributed by atoms with Crippen LogP contribution in [-0.4, -0.2) is 19.4 Å². The van der Waals surface area contributed by atoms with Gasteiger partial charge in [0.05, 0.1) is 5.88 Å². The van der Waals surface area contributed by atoms with Crippen molar-refractivity contribution < 1.29 is 0 Å². The highest BCUT2D eigenvalue weighted by Gasteiger charge is 2.45.